The lowest BCUT2D eigenvalue weighted by molar-refractivity contribution is 0.0542. The quantitative estimate of drug-likeness (QED) is 0.793. The first-order chi connectivity index (χ1) is 9.66. The van der Waals surface area contributed by atoms with Gasteiger partial charge in [0.1, 0.15) is 0 Å². The van der Waals surface area contributed by atoms with Crippen LogP contribution in [0.1, 0.15) is 23.3 Å². The minimum atomic E-state index is -0.334. The predicted molar refractivity (Wildman–Crippen MR) is 73.5 cm³/mol. The zero-order chi connectivity index (χ0) is 14.1. The Morgan fingerprint density at radius 2 is 1.90 bits per heavy atom. The van der Waals surface area contributed by atoms with Crippen LogP contribution < -0.4 is 5.56 Å². The van der Waals surface area contributed by atoms with E-state index in [1.807, 2.05) is 0 Å². The molecule has 6 nitrogen and oxygen atoms in total. The maximum atomic E-state index is 12.5. The normalized spacial score (nSPS) is 16.6. The number of rotatable bonds is 1. The Bertz CT molecular complexity index is 702. The van der Waals surface area contributed by atoms with E-state index in [-0.39, 0.29) is 23.3 Å². The minimum Gasteiger partial charge on any atom is -0.393 e. The average Bonchev–Trinajstić information content (AvgIpc) is 2.48. The number of hydrogen-bond acceptors (Lipinski definition) is 4. The molecule has 104 valence electrons. The standard InChI is InChI=1S/C14H15N3O3/c18-9-5-7-17(8-6-9)14(20)12-10-3-1-2-4-11(10)13(19)16-15-12/h1-4,9,18H,5-8H2,(H,16,19). The van der Waals surface area contributed by atoms with Crippen LogP contribution in [0.2, 0.25) is 0 Å². The summed E-state index contributed by atoms with van der Waals surface area (Å²) in [6.45, 7) is 1.02. The molecule has 1 fully saturated rings. The number of carbonyl (C=O) groups excluding carboxylic acids is 1. The molecule has 0 spiro atoms. The highest BCUT2D eigenvalue weighted by Crippen LogP contribution is 2.17. The van der Waals surface area contributed by atoms with Crippen molar-refractivity contribution in [1.82, 2.24) is 15.1 Å². The molecule has 1 aliphatic rings. The van der Waals surface area contributed by atoms with Crippen LogP contribution in [0.5, 0.6) is 0 Å². The van der Waals surface area contributed by atoms with Gasteiger partial charge >= 0.3 is 0 Å². The van der Waals surface area contributed by atoms with Gasteiger partial charge in [0.25, 0.3) is 11.5 Å². The van der Waals surface area contributed by atoms with E-state index >= 15 is 0 Å². The molecule has 3 rings (SSSR count). The molecule has 0 bridgehead atoms. The second kappa shape index (κ2) is 5.05. The van der Waals surface area contributed by atoms with E-state index in [4.69, 9.17) is 0 Å². The molecular weight excluding hydrogens is 258 g/mol. The second-order valence-electron chi connectivity index (χ2n) is 4.97. The number of likely N-dealkylation sites (tertiary alicyclic amines) is 1. The number of amides is 1. The van der Waals surface area contributed by atoms with E-state index in [1.54, 1.807) is 29.2 Å². The van der Waals surface area contributed by atoms with Crippen LogP contribution in [0.3, 0.4) is 0 Å². The number of piperidine rings is 1. The first-order valence-corrected chi connectivity index (χ1v) is 6.61. The van der Waals surface area contributed by atoms with Gasteiger partial charge in [-0.15, -0.1) is 0 Å². The first-order valence-electron chi connectivity index (χ1n) is 6.61. The van der Waals surface area contributed by atoms with E-state index in [9.17, 15) is 14.7 Å². The topological polar surface area (TPSA) is 86.3 Å². The maximum absolute atomic E-state index is 12.5. The third-order valence-electron chi connectivity index (χ3n) is 3.65. The van der Waals surface area contributed by atoms with Crippen molar-refractivity contribution in [3.05, 3.63) is 40.3 Å². The summed E-state index contributed by atoms with van der Waals surface area (Å²) in [4.78, 5) is 25.9. The van der Waals surface area contributed by atoms with Crippen LogP contribution in [-0.2, 0) is 0 Å². The van der Waals surface area contributed by atoms with Gasteiger partial charge in [-0.2, -0.15) is 5.10 Å². The summed E-state index contributed by atoms with van der Waals surface area (Å²) in [5.41, 5.74) is -0.0391. The summed E-state index contributed by atoms with van der Waals surface area (Å²) in [5, 5.41) is 16.8. The number of carbonyl (C=O) groups is 1. The number of aromatic nitrogens is 2. The zero-order valence-corrected chi connectivity index (χ0v) is 10.9. The Morgan fingerprint density at radius 1 is 1.25 bits per heavy atom. The number of nitrogens with one attached hydrogen (secondary N) is 1. The van der Waals surface area contributed by atoms with Gasteiger partial charge in [0, 0.05) is 18.5 Å². The summed E-state index contributed by atoms with van der Waals surface area (Å²) >= 11 is 0. The van der Waals surface area contributed by atoms with Gasteiger partial charge in [-0.25, -0.2) is 5.10 Å². The van der Waals surface area contributed by atoms with E-state index in [0.29, 0.717) is 36.7 Å². The Labute approximate surface area is 115 Å². The average molecular weight is 273 g/mol. The fourth-order valence-corrected chi connectivity index (χ4v) is 2.50. The van der Waals surface area contributed by atoms with Crippen LogP contribution in [-0.4, -0.2) is 45.3 Å². The van der Waals surface area contributed by atoms with Crippen molar-refractivity contribution in [3.8, 4) is 0 Å². The van der Waals surface area contributed by atoms with Gasteiger partial charge in [-0.3, -0.25) is 9.59 Å². The fraction of sp³-hybridized carbons (Fsp3) is 0.357. The monoisotopic (exact) mass is 273 g/mol. The van der Waals surface area contributed by atoms with Crippen LogP contribution in [0.25, 0.3) is 10.8 Å². The third kappa shape index (κ3) is 2.18. The van der Waals surface area contributed by atoms with Crippen molar-refractivity contribution in [2.45, 2.75) is 18.9 Å². The number of aliphatic hydroxyl groups is 1. The molecule has 2 aromatic rings. The van der Waals surface area contributed by atoms with E-state index in [1.165, 1.54) is 0 Å². The number of aliphatic hydroxyl groups excluding tert-OH is 1. The molecule has 0 saturated carbocycles. The van der Waals surface area contributed by atoms with Gasteiger partial charge in [-0.05, 0) is 18.9 Å². The van der Waals surface area contributed by atoms with E-state index in [2.05, 4.69) is 10.2 Å². The second-order valence-corrected chi connectivity index (χ2v) is 4.97. The van der Waals surface area contributed by atoms with E-state index in [0.717, 1.165) is 0 Å². The molecular formula is C14H15N3O3. The molecule has 6 heteroatoms. The summed E-state index contributed by atoms with van der Waals surface area (Å²) in [6.07, 6.45) is 0.819. The molecule has 1 saturated heterocycles. The number of H-pyrrole nitrogens is 1. The van der Waals surface area contributed by atoms with Gasteiger partial charge in [0.05, 0.1) is 11.5 Å². The fourth-order valence-electron chi connectivity index (χ4n) is 2.50. The first kappa shape index (κ1) is 12.8. The van der Waals surface area contributed by atoms with Crippen molar-refractivity contribution in [1.29, 1.82) is 0 Å². The highest BCUT2D eigenvalue weighted by molar-refractivity contribution is 6.04. The smallest absolute Gasteiger partial charge is 0.274 e. The lowest BCUT2D eigenvalue weighted by atomic mass is 10.1. The Morgan fingerprint density at radius 3 is 2.60 bits per heavy atom. The van der Waals surface area contributed by atoms with Crippen molar-refractivity contribution >= 4 is 16.7 Å². The highest BCUT2D eigenvalue weighted by Gasteiger charge is 2.24. The number of benzene rings is 1. The van der Waals surface area contributed by atoms with Crippen molar-refractivity contribution in [2.75, 3.05) is 13.1 Å². The Kier molecular flexibility index (Phi) is 3.23. The third-order valence-corrected chi connectivity index (χ3v) is 3.65. The molecule has 0 aliphatic carbocycles. The van der Waals surface area contributed by atoms with Crippen LogP contribution >= 0.6 is 0 Å². The lowest BCUT2D eigenvalue weighted by Gasteiger charge is -2.29. The van der Waals surface area contributed by atoms with Gasteiger partial charge < -0.3 is 10.0 Å². The molecule has 2 heterocycles. The molecule has 2 N–H and O–H groups in total. The zero-order valence-electron chi connectivity index (χ0n) is 10.9. The number of nitrogens with zero attached hydrogens (tertiary/aromatic N) is 2. The predicted octanol–water partition coefficient (Wildman–Crippen LogP) is 0.520. The van der Waals surface area contributed by atoms with E-state index < -0.39 is 0 Å². The van der Waals surface area contributed by atoms with Crippen LogP contribution in [0.15, 0.2) is 29.1 Å². The van der Waals surface area contributed by atoms with Gasteiger partial charge in [-0.1, -0.05) is 18.2 Å². The molecule has 0 radical (unpaired) electrons. The Hall–Kier alpha value is -2.21. The summed E-state index contributed by atoms with van der Waals surface area (Å²) in [7, 11) is 0. The Balaban J connectivity index is 2.00. The number of aromatic amines is 1. The maximum Gasteiger partial charge on any atom is 0.274 e. The number of hydrogen-bond donors (Lipinski definition) is 2. The summed E-state index contributed by atoms with van der Waals surface area (Å²) in [6, 6.07) is 6.93. The lowest BCUT2D eigenvalue weighted by Crippen LogP contribution is -2.40. The molecule has 0 unspecified atom stereocenters. The highest BCUT2D eigenvalue weighted by atomic mass is 16.3. The minimum absolute atomic E-state index is 0.204. The summed E-state index contributed by atoms with van der Waals surface area (Å²) < 4.78 is 0. The molecule has 1 aromatic carbocycles. The largest absolute Gasteiger partial charge is 0.393 e. The van der Waals surface area contributed by atoms with Crippen molar-refractivity contribution < 1.29 is 9.90 Å². The molecule has 0 atom stereocenters. The van der Waals surface area contributed by atoms with Crippen LogP contribution in [0, 0.1) is 0 Å². The van der Waals surface area contributed by atoms with Crippen molar-refractivity contribution in [2.24, 2.45) is 0 Å². The van der Waals surface area contributed by atoms with Gasteiger partial charge in [0.15, 0.2) is 5.69 Å². The summed E-state index contributed by atoms with van der Waals surface area (Å²) in [5.74, 6) is -0.204. The number of fused-ring (bicyclic) bond motifs is 1. The molecule has 20 heavy (non-hydrogen) atoms. The molecule has 1 aromatic heterocycles. The SMILES string of the molecule is O=C(c1n[nH]c(=O)c2ccccc12)N1CCC(O)CC1. The van der Waals surface area contributed by atoms with Crippen LogP contribution in [0.4, 0.5) is 0 Å². The molecule has 1 amide bonds. The van der Waals surface area contributed by atoms with Crippen molar-refractivity contribution in [3.63, 3.8) is 0 Å². The molecule has 1 aliphatic heterocycles. The van der Waals surface area contributed by atoms with Gasteiger partial charge in [0.2, 0.25) is 0 Å².